The van der Waals surface area contributed by atoms with Gasteiger partial charge in [0.25, 0.3) is 5.91 Å². The minimum absolute atomic E-state index is 0.00401. The zero-order valence-electron chi connectivity index (χ0n) is 20.0. The van der Waals surface area contributed by atoms with Gasteiger partial charge in [-0.25, -0.2) is 0 Å². The van der Waals surface area contributed by atoms with Gasteiger partial charge in [-0.05, 0) is 71.4 Å². The molecule has 6 heteroatoms. The Labute approximate surface area is 192 Å². The van der Waals surface area contributed by atoms with Crippen molar-refractivity contribution in [2.45, 2.75) is 96.6 Å². The predicted molar refractivity (Wildman–Crippen MR) is 125 cm³/mol. The number of carboxylic acids is 2. The number of hydrogen-bond donors (Lipinski definition) is 2. The average molecular weight is 446 g/mol. The summed E-state index contributed by atoms with van der Waals surface area (Å²) in [5.74, 6) is -1.95. The highest BCUT2D eigenvalue weighted by molar-refractivity contribution is 5.95. The van der Waals surface area contributed by atoms with E-state index in [0.717, 1.165) is 25.7 Å². The number of amides is 1. The number of rotatable bonds is 11. The van der Waals surface area contributed by atoms with Crippen molar-refractivity contribution in [3.05, 3.63) is 35.9 Å². The lowest BCUT2D eigenvalue weighted by Crippen LogP contribution is -2.63. The molecule has 1 amide bonds. The number of carbonyl (C=O) groups is 3. The third kappa shape index (κ3) is 6.81. The van der Waals surface area contributed by atoms with E-state index in [0.29, 0.717) is 31.2 Å². The van der Waals surface area contributed by atoms with Crippen LogP contribution < -0.4 is 0 Å². The van der Waals surface area contributed by atoms with E-state index in [-0.39, 0.29) is 18.2 Å². The van der Waals surface area contributed by atoms with E-state index in [2.05, 4.69) is 0 Å². The van der Waals surface area contributed by atoms with Crippen LogP contribution in [0, 0.1) is 11.8 Å². The van der Waals surface area contributed by atoms with Crippen molar-refractivity contribution >= 4 is 17.8 Å². The molecule has 0 bridgehead atoms. The Kier molecular flexibility index (Phi) is 8.88. The van der Waals surface area contributed by atoms with Crippen molar-refractivity contribution in [2.24, 2.45) is 11.8 Å². The Bertz CT molecular complexity index is 769. The van der Waals surface area contributed by atoms with Crippen molar-refractivity contribution in [3.63, 3.8) is 0 Å². The fourth-order valence-corrected chi connectivity index (χ4v) is 5.63. The molecule has 1 heterocycles. The van der Waals surface area contributed by atoms with E-state index in [4.69, 9.17) is 5.11 Å². The third-order valence-electron chi connectivity index (χ3n) is 6.75. The molecule has 1 unspecified atom stereocenters. The minimum Gasteiger partial charge on any atom is -0.481 e. The first-order valence-electron chi connectivity index (χ1n) is 11.8. The van der Waals surface area contributed by atoms with Crippen LogP contribution in [-0.2, 0) is 9.59 Å². The first kappa shape index (κ1) is 25.9. The molecule has 1 atom stereocenters. The summed E-state index contributed by atoms with van der Waals surface area (Å²) in [6, 6.07) is 9.28. The van der Waals surface area contributed by atoms with E-state index in [1.165, 1.54) is 0 Å². The Hall–Kier alpha value is -2.37. The zero-order valence-corrected chi connectivity index (χ0v) is 20.0. The van der Waals surface area contributed by atoms with Gasteiger partial charge in [0, 0.05) is 23.1 Å². The van der Waals surface area contributed by atoms with Gasteiger partial charge in [0.1, 0.15) is 0 Å². The van der Waals surface area contributed by atoms with Crippen LogP contribution in [0.4, 0.5) is 0 Å². The van der Waals surface area contributed by atoms with E-state index in [1.807, 2.05) is 62.9 Å². The monoisotopic (exact) mass is 445 g/mol. The molecule has 1 saturated heterocycles. The molecule has 1 fully saturated rings. The van der Waals surface area contributed by atoms with Gasteiger partial charge < -0.3 is 15.1 Å². The Morgan fingerprint density at radius 3 is 1.97 bits per heavy atom. The van der Waals surface area contributed by atoms with E-state index < -0.39 is 28.9 Å². The highest BCUT2D eigenvalue weighted by atomic mass is 16.4. The van der Waals surface area contributed by atoms with E-state index in [1.54, 1.807) is 0 Å². The standard InChI is InChI=1S/C26H39NO5/c1-25(2)17-20(21(24(31)32)15-11-6-5-7-12-16-22(28)29)18-26(3,4)27(25)23(30)19-13-9-8-10-14-19/h8-10,13-14,20-21H,5-7,11-12,15-18H2,1-4H3,(H,28,29)(H,31,32). The minimum atomic E-state index is -0.766. The maximum atomic E-state index is 13.4. The van der Waals surface area contributed by atoms with Gasteiger partial charge in [0.15, 0.2) is 0 Å². The summed E-state index contributed by atoms with van der Waals surface area (Å²) in [6.45, 7) is 8.18. The van der Waals surface area contributed by atoms with Gasteiger partial charge in [-0.2, -0.15) is 0 Å². The predicted octanol–water partition coefficient (Wildman–Crippen LogP) is 5.61. The molecule has 2 N–H and O–H groups in total. The highest BCUT2D eigenvalue weighted by Crippen LogP contribution is 2.45. The molecule has 1 aliphatic heterocycles. The number of piperidine rings is 1. The molecule has 1 aliphatic rings. The van der Waals surface area contributed by atoms with Crippen LogP contribution in [0.15, 0.2) is 30.3 Å². The molecule has 178 valence electrons. The highest BCUT2D eigenvalue weighted by Gasteiger charge is 2.50. The molecule has 0 aliphatic carbocycles. The quantitative estimate of drug-likeness (QED) is 0.432. The molecule has 32 heavy (non-hydrogen) atoms. The smallest absolute Gasteiger partial charge is 0.306 e. The summed E-state index contributed by atoms with van der Waals surface area (Å²) in [6.07, 6.45) is 6.35. The topological polar surface area (TPSA) is 94.9 Å². The van der Waals surface area contributed by atoms with Crippen LogP contribution in [-0.4, -0.2) is 44.0 Å². The molecule has 1 aromatic carbocycles. The Balaban J connectivity index is 2.03. The van der Waals surface area contributed by atoms with Gasteiger partial charge in [-0.3, -0.25) is 14.4 Å². The van der Waals surface area contributed by atoms with E-state index >= 15 is 0 Å². The second-order valence-electron chi connectivity index (χ2n) is 10.4. The van der Waals surface area contributed by atoms with Crippen molar-refractivity contribution in [2.75, 3.05) is 0 Å². The Morgan fingerprint density at radius 1 is 0.906 bits per heavy atom. The van der Waals surface area contributed by atoms with Gasteiger partial charge in [-0.1, -0.05) is 43.9 Å². The second kappa shape index (κ2) is 11.0. The molecular weight excluding hydrogens is 406 g/mol. The van der Waals surface area contributed by atoms with Crippen molar-refractivity contribution in [1.29, 1.82) is 0 Å². The normalized spacial score (nSPS) is 18.8. The number of nitrogens with zero attached hydrogens (tertiary/aromatic N) is 1. The molecule has 0 aromatic heterocycles. The summed E-state index contributed by atoms with van der Waals surface area (Å²) in [5.41, 5.74) is -0.252. The average Bonchev–Trinajstić information content (AvgIpc) is 2.68. The molecule has 0 saturated carbocycles. The van der Waals surface area contributed by atoms with Crippen LogP contribution in [0.25, 0.3) is 0 Å². The maximum absolute atomic E-state index is 13.4. The molecular formula is C26H39NO5. The molecule has 2 rings (SSSR count). The first-order chi connectivity index (χ1) is 15.0. The van der Waals surface area contributed by atoms with Crippen molar-refractivity contribution < 1.29 is 24.6 Å². The lowest BCUT2D eigenvalue weighted by molar-refractivity contribution is -0.147. The van der Waals surface area contributed by atoms with Crippen LogP contribution in [0.3, 0.4) is 0 Å². The van der Waals surface area contributed by atoms with Crippen molar-refractivity contribution in [1.82, 2.24) is 4.90 Å². The number of benzene rings is 1. The van der Waals surface area contributed by atoms with Crippen molar-refractivity contribution in [3.8, 4) is 0 Å². The number of carboxylic acid groups (broad SMARTS) is 2. The van der Waals surface area contributed by atoms with Gasteiger partial charge in [0.05, 0.1) is 5.92 Å². The lowest BCUT2D eigenvalue weighted by Gasteiger charge is -2.56. The van der Waals surface area contributed by atoms with Crippen LogP contribution in [0.5, 0.6) is 0 Å². The summed E-state index contributed by atoms with van der Waals surface area (Å²) in [4.78, 5) is 38.0. The number of likely N-dealkylation sites (tertiary alicyclic amines) is 1. The number of aliphatic carboxylic acids is 2. The van der Waals surface area contributed by atoms with Gasteiger partial charge in [0.2, 0.25) is 0 Å². The lowest BCUT2D eigenvalue weighted by atomic mass is 9.68. The largest absolute Gasteiger partial charge is 0.481 e. The SMILES string of the molecule is CC1(C)CC(C(CCCCCCCC(=O)O)C(=O)O)CC(C)(C)N1C(=O)c1ccccc1. The van der Waals surface area contributed by atoms with Crippen LogP contribution in [0.2, 0.25) is 0 Å². The molecule has 1 aromatic rings. The fourth-order valence-electron chi connectivity index (χ4n) is 5.63. The summed E-state index contributed by atoms with van der Waals surface area (Å²) >= 11 is 0. The molecule has 0 spiro atoms. The second-order valence-corrected chi connectivity index (χ2v) is 10.4. The number of unbranched alkanes of at least 4 members (excludes halogenated alkanes) is 4. The zero-order chi connectivity index (χ0) is 23.9. The molecule has 0 radical (unpaired) electrons. The summed E-state index contributed by atoms with van der Waals surface area (Å²) in [5, 5.41) is 18.7. The van der Waals surface area contributed by atoms with E-state index in [9.17, 15) is 19.5 Å². The number of carbonyl (C=O) groups excluding carboxylic acids is 1. The third-order valence-corrected chi connectivity index (χ3v) is 6.75. The summed E-state index contributed by atoms with van der Waals surface area (Å²) in [7, 11) is 0. The van der Waals surface area contributed by atoms with Gasteiger partial charge in [-0.15, -0.1) is 0 Å². The summed E-state index contributed by atoms with van der Waals surface area (Å²) < 4.78 is 0. The van der Waals surface area contributed by atoms with Crippen LogP contribution in [0.1, 0.15) is 95.8 Å². The first-order valence-corrected chi connectivity index (χ1v) is 11.8. The van der Waals surface area contributed by atoms with Crippen LogP contribution >= 0.6 is 0 Å². The maximum Gasteiger partial charge on any atom is 0.306 e. The van der Waals surface area contributed by atoms with Gasteiger partial charge >= 0.3 is 11.9 Å². The Morgan fingerprint density at radius 2 is 1.44 bits per heavy atom. The fraction of sp³-hybridized carbons (Fsp3) is 0.654. The number of hydrogen-bond acceptors (Lipinski definition) is 3. The molecule has 6 nitrogen and oxygen atoms in total.